The van der Waals surface area contributed by atoms with E-state index >= 15 is 0 Å². The highest BCUT2D eigenvalue weighted by atomic mass is 16.7. The maximum Gasteiger partial charge on any atom is 0.339 e. The van der Waals surface area contributed by atoms with E-state index in [4.69, 9.17) is 19.7 Å². The summed E-state index contributed by atoms with van der Waals surface area (Å²) in [6.07, 6.45) is -11.7. The lowest BCUT2D eigenvalue weighted by molar-refractivity contribution is -0.333. The van der Waals surface area contributed by atoms with Gasteiger partial charge < -0.3 is 45.2 Å². The molecule has 0 unspecified atom stereocenters. The van der Waals surface area contributed by atoms with E-state index in [1.807, 2.05) is 0 Å². The topological polar surface area (TPSA) is 194 Å². The van der Waals surface area contributed by atoms with Crippen molar-refractivity contribution in [2.45, 2.75) is 62.7 Å². The minimum atomic E-state index is -2.69. The fourth-order valence-corrected chi connectivity index (χ4v) is 2.66. The van der Waals surface area contributed by atoms with Crippen LogP contribution >= 0.6 is 0 Å². The molecule has 1 aliphatic rings. The van der Waals surface area contributed by atoms with E-state index in [-0.39, 0.29) is 0 Å². The van der Waals surface area contributed by atoms with E-state index in [9.17, 15) is 35.1 Å². The van der Waals surface area contributed by atoms with Crippen LogP contribution in [0.1, 0.15) is 20.3 Å². The van der Waals surface area contributed by atoms with E-state index in [1.165, 1.54) is 0 Å². The quantitative estimate of drug-likeness (QED) is 0.232. The smallest absolute Gasteiger partial charge is 0.339 e. The number of aliphatic hydroxyl groups excluding tert-OH is 5. The van der Waals surface area contributed by atoms with Crippen molar-refractivity contribution in [3.63, 3.8) is 0 Å². The predicted octanol–water partition coefficient (Wildman–Crippen LogP) is -2.88. The number of aliphatic hydroxyl groups is 5. The molecule has 0 bridgehead atoms. The Labute approximate surface area is 143 Å². The van der Waals surface area contributed by atoms with E-state index in [2.05, 4.69) is 0 Å². The van der Waals surface area contributed by atoms with Crippen LogP contribution in [0.25, 0.3) is 0 Å². The third kappa shape index (κ3) is 4.44. The van der Waals surface area contributed by atoms with Crippen molar-refractivity contribution < 1.29 is 54.8 Å². The first kappa shape index (κ1) is 21.7. The van der Waals surface area contributed by atoms with Crippen LogP contribution in [-0.4, -0.2) is 96.7 Å². The Balaban J connectivity index is 3.23. The predicted molar refractivity (Wildman–Crippen MR) is 78.3 cm³/mol. The summed E-state index contributed by atoms with van der Waals surface area (Å²) in [5.74, 6) is -4.12. The molecule has 0 aromatic rings. The van der Waals surface area contributed by atoms with Gasteiger partial charge in [0.1, 0.15) is 24.4 Å². The van der Waals surface area contributed by atoms with Crippen molar-refractivity contribution in [3.8, 4) is 0 Å². The number of hydrogen-bond acceptors (Lipinski definition) is 9. The molecule has 1 rings (SSSR count). The monoisotopic (exact) mass is 368 g/mol. The summed E-state index contributed by atoms with van der Waals surface area (Å²) < 4.78 is 10.2. The number of carbonyl (C=O) groups is 2. The largest absolute Gasteiger partial charge is 0.479 e. The van der Waals surface area contributed by atoms with Gasteiger partial charge in [-0.2, -0.15) is 0 Å². The zero-order valence-electron chi connectivity index (χ0n) is 13.7. The van der Waals surface area contributed by atoms with Gasteiger partial charge in [-0.25, -0.2) is 9.59 Å². The zero-order chi connectivity index (χ0) is 19.5. The van der Waals surface area contributed by atoms with Crippen molar-refractivity contribution in [1.82, 2.24) is 0 Å². The first-order valence-corrected chi connectivity index (χ1v) is 7.60. The van der Waals surface area contributed by atoms with Crippen LogP contribution in [0, 0.1) is 5.92 Å². The van der Waals surface area contributed by atoms with E-state index in [0.717, 1.165) is 0 Å². The fourth-order valence-electron chi connectivity index (χ4n) is 2.66. The fraction of sp³-hybridized carbons (Fsp3) is 0.857. The van der Waals surface area contributed by atoms with Gasteiger partial charge in [-0.3, -0.25) is 0 Å². The molecule has 1 fully saturated rings. The van der Waals surface area contributed by atoms with E-state index in [0.29, 0.717) is 0 Å². The molecule has 146 valence electrons. The van der Waals surface area contributed by atoms with Crippen LogP contribution in [-0.2, 0) is 19.1 Å². The summed E-state index contributed by atoms with van der Waals surface area (Å²) >= 11 is 0. The highest BCUT2D eigenvalue weighted by Gasteiger charge is 2.55. The molecule has 25 heavy (non-hydrogen) atoms. The first-order valence-electron chi connectivity index (χ1n) is 7.60. The number of aliphatic carboxylic acids is 2. The van der Waals surface area contributed by atoms with Crippen LogP contribution in [0.5, 0.6) is 0 Å². The van der Waals surface area contributed by atoms with Gasteiger partial charge in [0, 0.05) is 0 Å². The summed E-state index contributed by atoms with van der Waals surface area (Å²) in [6.45, 7) is 2.34. The molecule has 11 nitrogen and oxygen atoms in total. The lowest BCUT2D eigenvalue weighted by atomic mass is 9.86. The van der Waals surface area contributed by atoms with E-state index < -0.39 is 73.3 Å². The highest BCUT2D eigenvalue weighted by Crippen LogP contribution is 2.32. The third-order valence-corrected chi connectivity index (χ3v) is 3.92. The first-order chi connectivity index (χ1) is 11.5. The van der Waals surface area contributed by atoms with Crippen LogP contribution in [0.2, 0.25) is 0 Å². The van der Waals surface area contributed by atoms with Gasteiger partial charge in [-0.1, -0.05) is 13.8 Å². The van der Waals surface area contributed by atoms with Crippen LogP contribution < -0.4 is 0 Å². The third-order valence-electron chi connectivity index (χ3n) is 3.92. The molecule has 11 heteroatoms. The molecule has 7 atom stereocenters. The zero-order valence-corrected chi connectivity index (χ0v) is 13.7. The summed E-state index contributed by atoms with van der Waals surface area (Å²) in [5, 5.41) is 67.0. The molecule has 0 radical (unpaired) electrons. The molecule has 1 heterocycles. The van der Waals surface area contributed by atoms with Gasteiger partial charge in [0.15, 0.2) is 12.4 Å². The maximum absolute atomic E-state index is 11.7. The van der Waals surface area contributed by atoms with Crippen molar-refractivity contribution in [2.24, 2.45) is 5.92 Å². The normalized spacial score (nSPS) is 33.7. The summed E-state index contributed by atoms with van der Waals surface area (Å²) in [4.78, 5) is 22.9. The van der Waals surface area contributed by atoms with Gasteiger partial charge in [0.25, 0.3) is 0 Å². The number of carboxylic acids is 2. The van der Waals surface area contributed by atoms with E-state index in [1.54, 1.807) is 13.8 Å². The molecule has 0 aromatic heterocycles. The Morgan fingerprint density at radius 2 is 1.68 bits per heavy atom. The van der Waals surface area contributed by atoms with Crippen molar-refractivity contribution in [3.05, 3.63) is 0 Å². The number of ether oxygens (including phenoxy) is 2. The summed E-state index contributed by atoms with van der Waals surface area (Å²) in [6, 6.07) is 0. The highest BCUT2D eigenvalue weighted by molar-refractivity contribution is 5.87. The molecule has 0 amide bonds. The summed E-state index contributed by atoms with van der Waals surface area (Å²) in [7, 11) is 0. The molecule has 0 aliphatic carbocycles. The molecule has 1 aliphatic heterocycles. The second kappa shape index (κ2) is 8.36. The molecule has 0 spiro atoms. The lowest BCUT2D eigenvalue weighted by Crippen LogP contribution is -2.64. The molecule has 0 aromatic carbocycles. The standard InChI is InChI=1S/C14H24O11/c1-5(2)3-14(13(22)23,10(19)11(20)21)25-12-9(18)8(17)7(16)6(4-15)24-12/h5-10,12,15-19H,3-4H2,1-2H3,(H,20,21)(H,22,23)/t6-,7-,8+,9-,10-,12+,14-/m1/s1. The number of rotatable bonds is 8. The van der Waals surface area contributed by atoms with Gasteiger partial charge >= 0.3 is 11.9 Å². The molecular weight excluding hydrogens is 344 g/mol. The lowest BCUT2D eigenvalue weighted by Gasteiger charge is -2.44. The molecule has 1 saturated heterocycles. The van der Waals surface area contributed by atoms with Gasteiger partial charge in [0.05, 0.1) is 6.61 Å². The average molecular weight is 368 g/mol. The van der Waals surface area contributed by atoms with Gasteiger partial charge in [-0.15, -0.1) is 0 Å². The van der Waals surface area contributed by atoms with Gasteiger partial charge in [-0.05, 0) is 12.3 Å². The Kier molecular flexibility index (Phi) is 7.26. The minimum Gasteiger partial charge on any atom is -0.479 e. The van der Waals surface area contributed by atoms with Crippen molar-refractivity contribution in [2.75, 3.05) is 6.61 Å². The van der Waals surface area contributed by atoms with Crippen LogP contribution in [0.15, 0.2) is 0 Å². The minimum absolute atomic E-state index is 0.435. The van der Waals surface area contributed by atoms with Gasteiger partial charge in [0.2, 0.25) is 5.60 Å². The molecule has 0 saturated carbocycles. The second-order valence-electron chi connectivity index (χ2n) is 6.35. The van der Waals surface area contributed by atoms with Crippen LogP contribution in [0.4, 0.5) is 0 Å². The Hall–Kier alpha value is -1.34. The second-order valence-corrected chi connectivity index (χ2v) is 6.35. The number of hydrogen-bond donors (Lipinski definition) is 7. The maximum atomic E-state index is 11.7. The van der Waals surface area contributed by atoms with Crippen molar-refractivity contribution in [1.29, 1.82) is 0 Å². The SMILES string of the molecule is CC(C)C[C@](O[C@@H]1O[C@H](CO)[C@@H](O)[C@H](O)[C@H]1O)(C(=O)O)[C@H](O)C(=O)O. The van der Waals surface area contributed by atoms with Crippen LogP contribution in [0.3, 0.4) is 0 Å². The average Bonchev–Trinajstić information content (AvgIpc) is 2.52. The Morgan fingerprint density at radius 1 is 1.12 bits per heavy atom. The molecular formula is C14H24O11. The molecule has 7 N–H and O–H groups in total. The summed E-state index contributed by atoms with van der Waals surface area (Å²) in [5.41, 5.74) is -2.69. The number of carboxylic acid groups (broad SMARTS) is 2. The Bertz CT molecular complexity index is 479. The van der Waals surface area contributed by atoms with Crippen molar-refractivity contribution >= 4 is 11.9 Å². The Morgan fingerprint density at radius 3 is 2.08 bits per heavy atom.